The molecule has 0 amide bonds. The van der Waals surface area contributed by atoms with Crippen molar-refractivity contribution in [2.24, 2.45) is 5.92 Å². The van der Waals surface area contributed by atoms with Crippen molar-refractivity contribution in [3.05, 3.63) is 0 Å². The Kier molecular flexibility index (Phi) is 5.88. The van der Waals surface area contributed by atoms with E-state index >= 15 is 0 Å². The van der Waals surface area contributed by atoms with Crippen LogP contribution >= 0.6 is 0 Å². The normalized spacial score (nSPS) is 28.3. The molecule has 0 bridgehead atoms. The first-order valence-electron chi connectivity index (χ1n) is 6.55. The van der Waals surface area contributed by atoms with E-state index in [1.807, 2.05) is 6.92 Å². The Hall–Kier alpha value is -0.330. The highest BCUT2D eigenvalue weighted by molar-refractivity contribution is 4.84. The van der Waals surface area contributed by atoms with Gasteiger partial charge in [-0.05, 0) is 31.8 Å². The molecule has 1 saturated heterocycles. The third kappa shape index (κ3) is 4.74. The van der Waals surface area contributed by atoms with Gasteiger partial charge in [-0.25, -0.2) is 0 Å². The Balaban J connectivity index is 2.36. The SMILES string of the molecule is CCCNC1CCN(CC(O)C(F)(F)F)CC1C. The number of aliphatic hydroxyl groups is 1. The first-order chi connectivity index (χ1) is 8.34. The Morgan fingerprint density at radius 1 is 1.44 bits per heavy atom. The summed E-state index contributed by atoms with van der Waals surface area (Å²) in [5.41, 5.74) is 0. The molecule has 1 aliphatic heterocycles. The van der Waals surface area contributed by atoms with Crippen molar-refractivity contribution in [2.75, 3.05) is 26.2 Å². The predicted molar refractivity (Wildman–Crippen MR) is 64.4 cm³/mol. The molecule has 2 N–H and O–H groups in total. The van der Waals surface area contributed by atoms with E-state index in [1.54, 1.807) is 4.90 Å². The molecule has 0 aliphatic carbocycles. The molecule has 0 radical (unpaired) electrons. The highest BCUT2D eigenvalue weighted by atomic mass is 19.4. The maximum Gasteiger partial charge on any atom is 0.415 e. The summed E-state index contributed by atoms with van der Waals surface area (Å²) in [4.78, 5) is 1.70. The zero-order valence-corrected chi connectivity index (χ0v) is 11.0. The molecule has 3 atom stereocenters. The summed E-state index contributed by atoms with van der Waals surface area (Å²) >= 11 is 0. The number of likely N-dealkylation sites (tertiary alicyclic amines) is 1. The van der Waals surface area contributed by atoms with Gasteiger partial charge in [0.2, 0.25) is 0 Å². The summed E-state index contributed by atoms with van der Waals surface area (Å²) in [6, 6.07) is 0.379. The third-order valence-electron chi connectivity index (χ3n) is 3.45. The van der Waals surface area contributed by atoms with Crippen LogP contribution in [0.3, 0.4) is 0 Å². The first kappa shape index (κ1) is 15.7. The van der Waals surface area contributed by atoms with Crippen molar-refractivity contribution < 1.29 is 18.3 Å². The number of rotatable bonds is 5. The van der Waals surface area contributed by atoms with Gasteiger partial charge in [0.25, 0.3) is 0 Å². The molecular formula is C12H23F3N2O. The van der Waals surface area contributed by atoms with Crippen LogP contribution in [0.1, 0.15) is 26.7 Å². The second-order valence-corrected chi connectivity index (χ2v) is 5.14. The summed E-state index contributed by atoms with van der Waals surface area (Å²) in [6.07, 6.45) is -4.85. The molecule has 108 valence electrons. The zero-order chi connectivity index (χ0) is 13.8. The number of β-amino-alcohol motifs (C(OH)–C–C–N with tert-alkyl or cyclic N) is 1. The van der Waals surface area contributed by atoms with Gasteiger partial charge in [-0.1, -0.05) is 13.8 Å². The van der Waals surface area contributed by atoms with Gasteiger partial charge < -0.3 is 15.3 Å². The zero-order valence-electron chi connectivity index (χ0n) is 11.0. The Bertz CT molecular complexity index is 248. The van der Waals surface area contributed by atoms with Crippen molar-refractivity contribution in [3.8, 4) is 0 Å². The van der Waals surface area contributed by atoms with Crippen LogP contribution in [0.25, 0.3) is 0 Å². The molecule has 6 heteroatoms. The molecule has 0 aromatic rings. The Morgan fingerprint density at radius 3 is 2.61 bits per heavy atom. The van der Waals surface area contributed by atoms with Crippen LogP contribution in [0, 0.1) is 5.92 Å². The number of halogens is 3. The summed E-state index contributed by atoms with van der Waals surface area (Å²) in [6.45, 7) is 5.98. The lowest BCUT2D eigenvalue weighted by Crippen LogP contribution is -2.51. The van der Waals surface area contributed by atoms with E-state index in [0.717, 1.165) is 19.4 Å². The van der Waals surface area contributed by atoms with E-state index in [9.17, 15) is 13.2 Å². The van der Waals surface area contributed by atoms with Gasteiger partial charge in [0.05, 0.1) is 0 Å². The molecule has 1 rings (SSSR count). The van der Waals surface area contributed by atoms with Crippen LogP contribution in [0.2, 0.25) is 0 Å². The Labute approximate surface area is 106 Å². The van der Waals surface area contributed by atoms with Gasteiger partial charge >= 0.3 is 6.18 Å². The second-order valence-electron chi connectivity index (χ2n) is 5.14. The summed E-state index contributed by atoms with van der Waals surface area (Å²) < 4.78 is 36.8. The van der Waals surface area contributed by atoms with Crippen LogP contribution in [0.5, 0.6) is 0 Å². The standard InChI is InChI=1S/C12H23F3N2O/c1-3-5-16-10-4-6-17(7-9(10)2)8-11(18)12(13,14)15/h9-11,16,18H,3-8H2,1-2H3. The summed E-state index contributed by atoms with van der Waals surface area (Å²) in [7, 11) is 0. The van der Waals surface area contributed by atoms with E-state index in [4.69, 9.17) is 5.11 Å². The quantitative estimate of drug-likeness (QED) is 0.795. The predicted octanol–water partition coefficient (Wildman–Crippen LogP) is 1.62. The van der Waals surface area contributed by atoms with E-state index < -0.39 is 12.3 Å². The monoisotopic (exact) mass is 268 g/mol. The molecule has 1 fully saturated rings. The highest BCUT2D eigenvalue weighted by Crippen LogP contribution is 2.23. The fourth-order valence-electron chi connectivity index (χ4n) is 2.38. The maximum absolute atomic E-state index is 12.3. The number of aliphatic hydroxyl groups excluding tert-OH is 1. The lowest BCUT2D eigenvalue weighted by molar-refractivity contribution is -0.209. The summed E-state index contributed by atoms with van der Waals surface area (Å²) in [5.74, 6) is 0.311. The van der Waals surface area contributed by atoms with Crippen molar-refractivity contribution >= 4 is 0 Å². The molecule has 0 spiro atoms. The molecule has 0 saturated carbocycles. The molecule has 3 unspecified atom stereocenters. The number of hydrogen-bond acceptors (Lipinski definition) is 3. The van der Waals surface area contributed by atoms with Crippen LogP contribution in [-0.4, -0.2) is 54.5 Å². The molecule has 0 aromatic carbocycles. The molecule has 18 heavy (non-hydrogen) atoms. The van der Waals surface area contributed by atoms with E-state index in [-0.39, 0.29) is 6.54 Å². The molecule has 0 aromatic heterocycles. The average molecular weight is 268 g/mol. The van der Waals surface area contributed by atoms with Gasteiger partial charge in [-0.3, -0.25) is 0 Å². The Morgan fingerprint density at radius 2 is 2.11 bits per heavy atom. The maximum atomic E-state index is 12.3. The minimum Gasteiger partial charge on any atom is -0.382 e. The second kappa shape index (κ2) is 6.73. The number of hydrogen-bond donors (Lipinski definition) is 2. The van der Waals surface area contributed by atoms with Crippen LogP contribution < -0.4 is 5.32 Å². The van der Waals surface area contributed by atoms with E-state index in [1.165, 1.54) is 0 Å². The van der Waals surface area contributed by atoms with Gasteiger partial charge in [0.15, 0.2) is 6.10 Å². The van der Waals surface area contributed by atoms with Crippen molar-refractivity contribution in [2.45, 2.75) is 45.0 Å². The lowest BCUT2D eigenvalue weighted by Gasteiger charge is -2.38. The fourth-order valence-corrected chi connectivity index (χ4v) is 2.38. The van der Waals surface area contributed by atoms with Gasteiger partial charge in [-0.2, -0.15) is 13.2 Å². The fraction of sp³-hybridized carbons (Fsp3) is 1.00. The topological polar surface area (TPSA) is 35.5 Å². The minimum absolute atomic E-state index is 0.311. The first-order valence-corrected chi connectivity index (χ1v) is 6.55. The number of nitrogens with zero attached hydrogens (tertiary/aromatic N) is 1. The molecule has 3 nitrogen and oxygen atoms in total. The number of piperidine rings is 1. The average Bonchev–Trinajstić information content (AvgIpc) is 2.26. The van der Waals surface area contributed by atoms with Crippen molar-refractivity contribution in [3.63, 3.8) is 0 Å². The number of alkyl halides is 3. The van der Waals surface area contributed by atoms with Crippen molar-refractivity contribution in [1.82, 2.24) is 10.2 Å². The van der Waals surface area contributed by atoms with Crippen LogP contribution in [-0.2, 0) is 0 Å². The van der Waals surface area contributed by atoms with Gasteiger partial charge in [-0.15, -0.1) is 0 Å². The third-order valence-corrected chi connectivity index (χ3v) is 3.45. The number of nitrogens with one attached hydrogen (secondary N) is 1. The molecular weight excluding hydrogens is 245 g/mol. The van der Waals surface area contributed by atoms with Gasteiger partial charge in [0, 0.05) is 19.1 Å². The highest BCUT2D eigenvalue weighted by Gasteiger charge is 2.40. The molecule has 1 heterocycles. The van der Waals surface area contributed by atoms with Crippen LogP contribution in [0.15, 0.2) is 0 Å². The smallest absolute Gasteiger partial charge is 0.382 e. The molecule has 1 aliphatic rings. The summed E-state index contributed by atoms with van der Waals surface area (Å²) in [5, 5.41) is 12.5. The van der Waals surface area contributed by atoms with Crippen molar-refractivity contribution in [1.29, 1.82) is 0 Å². The largest absolute Gasteiger partial charge is 0.415 e. The van der Waals surface area contributed by atoms with E-state index in [0.29, 0.717) is 25.0 Å². The lowest BCUT2D eigenvalue weighted by atomic mass is 9.93. The van der Waals surface area contributed by atoms with E-state index in [2.05, 4.69) is 12.2 Å². The van der Waals surface area contributed by atoms with Crippen LogP contribution in [0.4, 0.5) is 13.2 Å². The minimum atomic E-state index is -4.51. The van der Waals surface area contributed by atoms with Gasteiger partial charge in [0.1, 0.15) is 0 Å².